The van der Waals surface area contributed by atoms with E-state index >= 15 is 0 Å². The van der Waals surface area contributed by atoms with E-state index in [1.165, 1.54) is 0 Å². The maximum absolute atomic E-state index is 6.35. The second-order valence-electron chi connectivity index (χ2n) is 4.45. The van der Waals surface area contributed by atoms with Crippen molar-refractivity contribution in [3.8, 4) is 0 Å². The average Bonchev–Trinajstić information content (AvgIpc) is 2.41. The molecule has 0 aliphatic carbocycles. The molecule has 1 aromatic carbocycles. The fourth-order valence-electron chi connectivity index (χ4n) is 2.11. The molecule has 20 heavy (non-hydrogen) atoms. The first-order chi connectivity index (χ1) is 9.61. The first kappa shape index (κ1) is 15.8. The monoisotopic (exact) mass is 372 g/mol. The zero-order valence-electron chi connectivity index (χ0n) is 11.0. The largest absolute Gasteiger partial charge is 0.310 e. The van der Waals surface area contributed by atoms with E-state index in [4.69, 9.17) is 23.2 Å². The molecule has 0 saturated carbocycles. The van der Waals surface area contributed by atoms with Gasteiger partial charge in [0.15, 0.2) is 0 Å². The molecule has 0 bridgehead atoms. The van der Waals surface area contributed by atoms with Gasteiger partial charge in [-0.25, -0.2) is 0 Å². The van der Waals surface area contributed by atoms with E-state index in [1.54, 1.807) is 12.4 Å². The molecule has 2 rings (SSSR count). The summed E-state index contributed by atoms with van der Waals surface area (Å²) >= 11 is 16.0. The molecule has 0 fully saturated rings. The molecule has 1 heterocycles. The van der Waals surface area contributed by atoms with E-state index in [2.05, 4.69) is 33.2 Å². The lowest BCUT2D eigenvalue weighted by Gasteiger charge is -2.20. The van der Waals surface area contributed by atoms with Gasteiger partial charge in [0.1, 0.15) is 0 Å². The molecule has 2 nitrogen and oxygen atoms in total. The number of nitrogens with zero attached hydrogens (tertiary/aromatic N) is 1. The van der Waals surface area contributed by atoms with Crippen LogP contribution in [-0.4, -0.2) is 11.5 Å². The van der Waals surface area contributed by atoms with Crippen LogP contribution in [0, 0.1) is 0 Å². The number of benzene rings is 1. The highest BCUT2D eigenvalue weighted by Gasteiger charge is 2.16. The number of pyridine rings is 1. The Hall–Kier alpha value is -0.610. The van der Waals surface area contributed by atoms with Gasteiger partial charge in [-0.2, -0.15) is 0 Å². The van der Waals surface area contributed by atoms with Crippen molar-refractivity contribution in [1.29, 1.82) is 0 Å². The molecule has 1 atom stereocenters. The van der Waals surface area contributed by atoms with Gasteiger partial charge in [-0.05, 0) is 42.3 Å². The molecular weight excluding hydrogens is 359 g/mol. The molecule has 0 aliphatic heterocycles. The van der Waals surface area contributed by atoms with E-state index in [0.717, 1.165) is 33.6 Å². The first-order valence-electron chi connectivity index (χ1n) is 6.38. The highest BCUT2D eigenvalue weighted by atomic mass is 79.9. The summed E-state index contributed by atoms with van der Waals surface area (Å²) in [4.78, 5) is 4.02. The Morgan fingerprint density at radius 2 is 2.05 bits per heavy atom. The Kier molecular flexibility index (Phi) is 5.85. The van der Waals surface area contributed by atoms with Crippen LogP contribution in [0.15, 0.2) is 41.1 Å². The molecule has 1 N–H and O–H groups in total. The van der Waals surface area contributed by atoms with Gasteiger partial charge in [0.05, 0.1) is 5.02 Å². The standard InChI is InChI=1S/C15H15BrCl2N2/c1-2-20-15(7-10-5-6-19-9-14(10)18)12-4-3-11(16)8-13(12)17/h3-6,8-9,15,20H,2,7H2,1H3. The van der Waals surface area contributed by atoms with Crippen molar-refractivity contribution in [2.75, 3.05) is 6.54 Å². The lowest BCUT2D eigenvalue weighted by molar-refractivity contribution is 0.550. The van der Waals surface area contributed by atoms with Crippen LogP contribution >= 0.6 is 39.1 Å². The maximum atomic E-state index is 6.35. The Bertz CT molecular complexity index is 590. The minimum Gasteiger partial charge on any atom is -0.310 e. The summed E-state index contributed by atoms with van der Waals surface area (Å²) < 4.78 is 0.975. The van der Waals surface area contributed by atoms with Gasteiger partial charge in [0.25, 0.3) is 0 Å². The summed E-state index contributed by atoms with van der Waals surface area (Å²) in [6.45, 7) is 2.94. The van der Waals surface area contributed by atoms with Crippen LogP contribution in [0.25, 0.3) is 0 Å². The van der Waals surface area contributed by atoms with Gasteiger partial charge in [-0.1, -0.05) is 52.1 Å². The Morgan fingerprint density at radius 3 is 2.70 bits per heavy atom. The van der Waals surface area contributed by atoms with Gasteiger partial charge in [-0.15, -0.1) is 0 Å². The van der Waals surface area contributed by atoms with Crippen molar-refractivity contribution in [1.82, 2.24) is 10.3 Å². The van der Waals surface area contributed by atoms with E-state index in [9.17, 15) is 0 Å². The van der Waals surface area contributed by atoms with Gasteiger partial charge in [0.2, 0.25) is 0 Å². The van der Waals surface area contributed by atoms with E-state index < -0.39 is 0 Å². The van der Waals surface area contributed by atoms with Crippen molar-refractivity contribution in [3.05, 3.63) is 62.3 Å². The molecule has 5 heteroatoms. The van der Waals surface area contributed by atoms with Gasteiger partial charge in [0, 0.05) is 27.9 Å². The SMILES string of the molecule is CCNC(Cc1ccncc1Cl)c1ccc(Br)cc1Cl. The molecule has 0 radical (unpaired) electrons. The molecule has 1 unspecified atom stereocenters. The third kappa shape index (κ3) is 3.95. The Labute approximate surface area is 137 Å². The highest BCUT2D eigenvalue weighted by molar-refractivity contribution is 9.10. The molecule has 0 spiro atoms. The fraction of sp³-hybridized carbons (Fsp3) is 0.267. The molecule has 0 amide bonds. The predicted molar refractivity (Wildman–Crippen MR) is 88.5 cm³/mol. The van der Waals surface area contributed by atoms with Gasteiger partial charge < -0.3 is 5.32 Å². The zero-order chi connectivity index (χ0) is 14.5. The second-order valence-corrected chi connectivity index (χ2v) is 6.18. The first-order valence-corrected chi connectivity index (χ1v) is 7.93. The van der Waals surface area contributed by atoms with Gasteiger partial charge in [-0.3, -0.25) is 4.98 Å². The number of nitrogens with one attached hydrogen (secondary N) is 1. The summed E-state index contributed by atoms with van der Waals surface area (Å²) in [5.41, 5.74) is 2.14. The number of likely N-dealkylation sites (N-methyl/N-ethyl adjacent to an activating group) is 1. The van der Waals surface area contributed by atoms with E-state index in [-0.39, 0.29) is 6.04 Å². The third-order valence-corrected chi connectivity index (χ3v) is 4.23. The van der Waals surface area contributed by atoms with E-state index in [1.807, 2.05) is 24.3 Å². The van der Waals surface area contributed by atoms with Crippen molar-refractivity contribution < 1.29 is 0 Å². The summed E-state index contributed by atoms with van der Waals surface area (Å²) in [6.07, 6.45) is 4.20. The summed E-state index contributed by atoms with van der Waals surface area (Å²) in [6, 6.07) is 8.02. The van der Waals surface area contributed by atoms with Crippen molar-refractivity contribution in [2.24, 2.45) is 0 Å². The Morgan fingerprint density at radius 1 is 1.25 bits per heavy atom. The minimum atomic E-state index is 0.125. The van der Waals surface area contributed by atoms with Crippen LogP contribution in [-0.2, 0) is 6.42 Å². The fourth-order valence-corrected chi connectivity index (χ4v) is 3.11. The molecule has 1 aromatic heterocycles. The van der Waals surface area contributed by atoms with Crippen LogP contribution < -0.4 is 5.32 Å². The summed E-state index contributed by atoms with van der Waals surface area (Å²) in [5, 5.41) is 4.89. The third-order valence-electron chi connectivity index (χ3n) is 3.07. The van der Waals surface area contributed by atoms with Crippen LogP contribution in [0.2, 0.25) is 10.0 Å². The van der Waals surface area contributed by atoms with Crippen molar-refractivity contribution >= 4 is 39.1 Å². The normalized spacial score (nSPS) is 12.4. The number of aromatic nitrogens is 1. The second kappa shape index (κ2) is 7.41. The average molecular weight is 374 g/mol. The smallest absolute Gasteiger partial charge is 0.0622 e. The topological polar surface area (TPSA) is 24.9 Å². The number of halogens is 3. The maximum Gasteiger partial charge on any atom is 0.0622 e. The summed E-state index contributed by atoms with van der Waals surface area (Å²) in [7, 11) is 0. The van der Waals surface area contributed by atoms with Crippen molar-refractivity contribution in [2.45, 2.75) is 19.4 Å². The van der Waals surface area contributed by atoms with Crippen LogP contribution in [0.1, 0.15) is 24.1 Å². The van der Waals surface area contributed by atoms with Crippen LogP contribution in [0.3, 0.4) is 0 Å². The molecule has 2 aromatic rings. The predicted octanol–water partition coefficient (Wildman–Crippen LogP) is 5.04. The molecule has 106 valence electrons. The quantitative estimate of drug-likeness (QED) is 0.793. The zero-order valence-corrected chi connectivity index (χ0v) is 14.1. The number of hydrogen-bond acceptors (Lipinski definition) is 2. The molecule has 0 aliphatic rings. The lowest BCUT2D eigenvalue weighted by atomic mass is 9.99. The van der Waals surface area contributed by atoms with Gasteiger partial charge >= 0.3 is 0 Å². The number of hydrogen-bond donors (Lipinski definition) is 1. The van der Waals surface area contributed by atoms with Crippen molar-refractivity contribution in [3.63, 3.8) is 0 Å². The van der Waals surface area contributed by atoms with Crippen LogP contribution in [0.4, 0.5) is 0 Å². The van der Waals surface area contributed by atoms with Crippen LogP contribution in [0.5, 0.6) is 0 Å². The minimum absolute atomic E-state index is 0.125. The lowest BCUT2D eigenvalue weighted by Crippen LogP contribution is -2.23. The Balaban J connectivity index is 2.29. The number of rotatable bonds is 5. The highest BCUT2D eigenvalue weighted by Crippen LogP contribution is 2.30. The summed E-state index contributed by atoms with van der Waals surface area (Å²) in [5.74, 6) is 0. The molecule has 0 saturated heterocycles. The van der Waals surface area contributed by atoms with E-state index in [0.29, 0.717) is 5.02 Å². The molecular formula is C15H15BrCl2N2.